The normalized spacial score (nSPS) is 18.3. The van der Waals surface area contributed by atoms with Crippen LogP contribution in [0.1, 0.15) is 42.4 Å². The van der Waals surface area contributed by atoms with Crippen LogP contribution in [0.3, 0.4) is 0 Å². The summed E-state index contributed by atoms with van der Waals surface area (Å²) in [4.78, 5) is 23.9. The van der Waals surface area contributed by atoms with E-state index in [1.54, 1.807) is 6.20 Å². The van der Waals surface area contributed by atoms with Crippen molar-refractivity contribution < 1.29 is 4.79 Å². The van der Waals surface area contributed by atoms with Crippen molar-refractivity contribution in [2.45, 2.75) is 39.5 Å². The van der Waals surface area contributed by atoms with Crippen molar-refractivity contribution >= 4 is 22.5 Å². The Kier molecular flexibility index (Phi) is 6.19. The van der Waals surface area contributed by atoms with Crippen LogP contribution in [0, 0.1) is 25.2 Å². The summed E-state index contributed by atoms with van der Waals surface area (Å²) in [6.07, 6.45) is 6.44. The first kappa shape index (κ1) is 20.6. The van der Waals surface area contributed by atoms with Crippen LogP contribution in [0.25, 0.3) is 10.9 Å². The zero-order chi connectivity index (χ0) is 21.1. The molecule has 158 valence electrons. The second kappa shape index (κ2) is 9.01. The van der Waals surface area contributed by atoms with Gasteiger partial charge in [-0.15, -0.1) is 0 Å². The van der Waals surface area contributed by atoms with Crippen LogP contribution in [0.4, 0.5) is 5.69 Å². The maximum absolute atomic E-state index is 12.7. The fraction of sp³-hybridized carbons (Fsp3) is 0.542. The van der Waals surface area contributed by atoms with Gasteiger partial charge >= 0.3 is 0 Å². The van der Waals surface area contributed by atoms with Crippen molar-refractivity contribution in [2.75, 3.05) is 50.7 Å². The number of fused-ring (bicyclic) bond motifs is 1. The molecule has 1 amide bonds. The summed E-state index contributed by atoms with van der Waals surface area (Å²) in [5, 5.41) is 10.8. The molecule has 2 fully saturated rings. The Morgan fingerprint density at radius 3 is 2.40 bits per heavy atom. The molecule has 0 unspecified atom stereocenters. The predicted molar refractivity (Wildman–Crippen MR) is 120 cm³/mol. The number of nitrogens with zero attached hydrogens (tertiary/aromatic N) is 5. The van der Waals surface area contributed by atoms with Gasteiger partial charge in [0.05, 0.1) is 23.3 Å². The molecule has 4 rings (SSSR count). The lowest BCUT2D eigenvalue weighted by Crippen LogP contribution is -2.50. The van der Waals surface area contributed by atoms with Crippen LogP contribution in [-0.4, -0.2) is 66.5 Å². The summed E-state index contributed by atoms with van der Waals surface area (Å²) in [5.74, 6) is 0.267. The highest BCUT2D eigenvalue weighted by atomic mass is 16.2. The molecular weight excluding hydrogens is 374 g/mol. The number of nitriles is 1. The molecule has 0 atom stereocenters. The number of carbonyl (C=O) groups excluding carboxylic acids is 1. The Hall–Kier alpha value is -2.65. The van der Waals surface area contributed by atoms with Crippen LogP contribution < -0.4 is 4.90 Å². The van der Waals surface area contributed by atoms with E-state index >= 15 is 0 Å². The molecule has 30 heavy (non-hydrogen) atoms. The molecular formula is C24H31N5O. The zero-order valence-corrected chi connectivity index (χ0v) is 18.2. The lowest BCUT2D eigenvalue weighted by Gasteiger charge is -2.37. The van der Waals surface area contributed by atoms with E-state index in [0.717, 1.165) is 74.3 Å². The third-order valence-electron chi connectivity index (χ3n) is 6.40. The number of benzene rings is 1. The summed E-state index contributed by atoms with van der Waals surface area (Å²) in [7, 11) is 0. The van der Waals surface area contributed by atoms with Gasteiger partial charge in [-0.05, 0) is 38.3 Å². The highest BCUT2D eigenvalue weighted by molar-refractivity contribution is 5.96. The molecule has 2 aliphatic rings. The summed E-state index contributed by atoms with van der Waals surface area (Å²) in [5.41, 5.74) is 4.90. The number of carbonyl (C=O) groups is 1. The summed E-state index contributed by atoms with van der Waals surface area (Å²) >= 11 is 0. The van der Waals surface area contributed by atoms with Gasteiger partial charge in [0.2, 0.25) is 5.91 Å². The Morgan fingerprint density at radius 2 is 1.73 bits per heavy atom. The maximum Gasteiger partial charge on any atom is 0.236 e. The molecule has 0 saturated carbocycles. The molecule has 0 radical (unpaired) electrons. The summed E-state index contributed by atoms with van der Waals surface area (Å²) in [6, 6.07) is 6.61. The first-order valence-corrected chi connectivity index (χ1v) is 11.1. The van der Waals surface area contributed by atoms with E-state index in [0.29, 0.717) is 12.1 Å². The first-order chi connectivity index (χ1) is 14.6. The first-order valence-electron chi connectivity index (χ1n) is 11.1. The average molecular weight is 406 g/mol. The van der Waals surface area contributed by atoms with Gasteiger partial charge in [-0.3, -0.25) is 14.7 Å². The van der Waals surface area contributed by atoms with Crippen molar-refractivity contribution in [3.63, 3.8) is 0 Å². The number of hydrogen-bond acceptors (Lipinski definition) is 5. The summed E-state index contributed by atoms with van der Waals surface area (Å²) < 4.78 is 0. The van der Waals surface area contributed by atoms with Crippen LogP contribution in [0.2, 0.25) is 0 Å². The largest absolute Gasteiger partial charge is 0.367 e. The molecule has 0 aliphatic carbocycles. The molecule has 2 aromatic rings. The SMILES string of the molecule is Cc1cc(C)c2ncc(C#N)c(N3CCN(CC(=O)N4CCCCCC4)CC3)c2c1. The van der Waals surface area contributed by atoms with Gasteiger partial charge in [0.15, 0.2) is 0 Å². The minimum absolute atomic E-state index is 0.267. The number of hydrogen-bond donors (Lipinski definition) is 0. The molecule has 0 N–H and O–H groups in total. The van der Waals surface area contributed by atoms with Crippen LogP contribution >= 0.6 is 0 Å². The van der Waals surface area contributed by atoms with E-state index in [4.69, 9.17) is 0 Å². The van der Waals surface area contributed by atoms with E-state index in [-0.39, 0.29) is 5.91 Å². The van der Waals surface area contributed by atoms with Crippen LogP contribution in [0.15, 0.2) is 18.3 Å². The standard InChI is InChI=1S/C24H31N5O/c1-18-13-19(2)23-21(14-18)24(20(15-25)16-26-23)29-11-9-27(10-12-29)17-22(30)28-7-5-3-4-6-8-28/h13-14,16H,3-12,17H2,1-2H3. The lowest BCUT2D eigenvalue weighted by molar-refractivity contribution is -0.132. The number of rotatable bonds is 3. The van der Waals surface area contributed by atoms with Gasteiger partial charge in [-0.2, -0.15) is 5.26 Å². The molecule has 2 aliphatic heterocycles. The fourth-order valence-electron chi connectivity index (χ4n) is 4.81. The minimum atomic E-state index is 0.267. The van der Waals surface area contributed by atoms with Crippen LogP contribution in [-0.2, 0) is 4.79 Å². The van der Waals surface area contributed by atoms with Gasteiger partial charge in [0, 0.05) is 50.9 Å². The number of pyridine rings is 1. The predicted octanol–water partition coefficient (Wildman–Crippen LogP) is 3.25. The van der Waals surface area contributed by atoms with E-state index in [1.807, 2.05) is 0 Å². The Morgan fingerprint density at radius 1 is 1.03 bits per heavy atom. The Labute approximate surface area is 179 Å². The highest BCUT2D eigenvalue weighted by Gasteiger charge is 2.25. The number of aromatic nitrogens is 1. The zero-order valence-electron chi connectivity index (χ0n) is 18.2. The van der Waals surface area contributed by atoms with Crippen molar-refractivity contribution in [1.29, 1.82) is 5.26 Å². The van der Waals surface area contributed by atoms with Gasteiger partial charge in [-0.25, -0.2) is 0 Å². The monoisotopic (exact) mass is 405 g/mol. The second-order valence-corrected chi connectivity index (χ2v) is 8.67. The second-order valence-electron chi connectivity index (χ2n) is 8.67. The van der Waals surface area contributed by atoms with Crippen molar-refractivity contribution in [3.05, 3.63) is 35.0 Å². The molecule has 6 heteroatoms. The van der Waals surface area contributed by atoms with Crippen molar-refractivity contribution in [2.24, 2.45) is 0 Å². The topological polar surface area (TPSA) is 63.5 Å². The van der Waals surface area contributed by atoms with E-state index in [9.17, 15) is 10.1 Å². The summed E-state index contributed by atoms with van der Waals surface area (Å²) in [6.45, 7) is 9.78. The van der Waals surface area contributed by atoms with Crippen LogP contribution in [0.5, 0.6) is 0 Å². The molecule has 0 bridgehead atoms. The van der Waals surface area contributed by atoms with Gasteiger partial charge < -0.3 is 9.80 Å². The smallest absolute Gasteiger partial charge is 0.236 e. The van der Waals surface area contributed by atoms with E-state index in [1.165, 1.54) is 18.4 Å². The third-order valence-corrected chi connectivity index (χ3v) is 6.40. The molecule has 3 heterocycles. The van der Waals surface area contributed by atoms with E-state index in [2.05, 4.69) is 51.7 Å². The number of aryl methyl sites for hydroxylation is 2. The van der Waals surface area contributed by atoms with Gasteiger partial charge in [0.1, 0.15) is 6.07 Å². The lowest BCUT2D eigenvalue weighted by atomic mass is 10.0. The molecule has 0 spiro atoms. The molecule has 6 nitrogen and oxygen atoms in total. The molecule has 2 saturated heterocycles. The number of amides is 1. The highest BCUT2D eigenvalue weighted by Crippen LogP contribution is 2.32. The van der Waals surface area contributed by atoms with Crippen molar-refractivity contribution in [1.82, 2.24) is 14.8 Å². The number of likely N-dealkylation sites (tertiary alicyclic amines) is 1. The Balaban J connectivity index is 1.48. The molecule has 1 aromatic carbocycles. The quantitative estimate of drug-likeness (QED) is 0.784. The fourth-order valence-corrected chi connectivity index (χ4v) is 4.81. The molecule has 1 aromatic heterocycles. The third kappa shape index (κ3) is 4.27. The number of anilines is 1. The maximum atomic E-state index is 12.7. The van der Waals surface area contributed by atoms with E-state index < -0.39 is 0 Å². The number of piperazine rings is 1. The van der Waals surface area contributed by atoms with Crippen molar-refractivity contribution in [3.8, 4) is 6.07 Å². The average Bonchev–Trinajstić information content (AvgIpc) is 3.03. The Bertz CT molecular complexity index is 964. The van der Waals surface area contributed by atoms with Gasteiger partial charge in [0.25, 0.3) is 0 Å². The van der Waals surface area contributed by atoms with Gasteiger partial charge in [-0.1, -0.05) is 24.5 Å². The minimum Gasteiger partial charge on any atom is -0.367 e.